The van der Waals surface area contributed by atoms with E-state index in [0.29, 0.717) is 10.7 Å². The molecule has 2 N–H and O–H groups in total. The van der Waals surface area contributed by atoms with Crippen molar-refractivity contribution >= 4 is 23.6 Å². The molecule has 0 radical (unpaired) electrons. The van der Waals surface area contributed by atoms with E-state index in [-0.39, 0.29) is 6.42 Å². The molecule has 1 aromatic rings. The van der Waals surface area contributed by atoms with Crippen LogP contribution in [0.4, 0.5) is 5.69 Å². The summed E-state index contributed by atoms with van der Waals surface area (Å²) in [5.41, 5.74) is 6.82. The molecule has 0 heterocycles. The summed E-state index contributed by atoms with van der Waals surface area (Å²) in [6, 6.07) is 5.12. The Morgan fingerprint density at radius 2 is 2.31 bits per heavy atom. The minimum absolute atomic E-state index is 0.239. The second-order valence-electron chi connectivity index (χ2n) is 2.41. The monoisotopic (exact) mass is 193 g/mol. The van der Waals surface area contributed by atoms with E-state index >= 15 is 0 Å². The number of carbonyl (C=O) groups excluding carboxylic acids is 1. The van der Waals surface area contributed by atoms with Crippen molar-refractivity contribution in [3.05, 3.63) is 28.8 Å². The molecule has 0 amide bonds. The van der Waals surface area contributed by atoms with Gasteiger partial charge in [-0.25, -0.2) is 0 Å². The topological polar surface area (TPSA) is 43.1 Å². The van der Waals surface area contributed by atoms with Crippen molar-refractivity contribution in [1.29, 1.82) is 0 Å². The van der Waals surface area contributed by atoms with E-state index in [1.165, 1.54) is 0 Å². The van der Waals surface area contributed by atoms with Crippen LogP contribution in [-0.2, 0) is 4.79 Å². The lowest BCUT2D eigenvalue weighted by Crippen LogP contribution is -1.86. The van der Waals surface area contributed by atoms with Gasteiger partial charge < -0.3 is 10.5 Å². The molecular weight excluding hydrogens is 186 g/mol. The first kappa shape index (κ1) is 9.63. The van der Waals surface area contributed by atoms with Gasteiger partial charge in [-0.2, -0.15) is 0 Å². The molecule has 0 aliphatic carbocycles. The molecule has 0 fully saturated rings. The molecular formula is C10H8ClNO. The van der Waals surface area contributed by atoms with Gasteiger partial charge >= 0.3 is 0 Å². The van der Waals surface area contributed by atoms with Gasteiger partial charge in [0.2, 0.25) is 0 Å². The van der Waals surface area contributed by atoms with Gasteiger partial charge in [-0.15, -0.1) is 0 Å². The number of rotatable bonds is 1. The highest BCUT2D eigenvalue weighted by atomic mass is 35.5. The molecule has 0 aromatic heterocycles. The summed E-state index contributed by atoms with van der Waals surface area (Å²) in [5, 5.41) is 0.515. The number of aldehydes is 1. The summed E-state index contributed by atoms with van der Waals surface area (Å²) < 4.78 is 0. The summed E-state index contributed by atoms with van der Waals surface area (Å²) in [5.74, 6) is 5.48. The Morgan fingerprint density at radius 3 is 2.92 bits per heavy atom. The van der Waals surface area contributed by atoms with Gasteiger partial charge in [0.1, 0.15) is 6.29 Å². The van der Waals surface area contributed by atoms with Crippen molar-refractivity contribution in [2.45, 2.75) is 6.42 Å². The number of carbonyl (C=O) groups is 1. The molecule has 1 rings (SSSR count). The molecule has 0 unspecified atom stereocenters. The molecule has 1 aromatic carbocycles. The maximum Gasteiger partial charge on any atom is 0.131 e. The average Bonchev–Trinajstić information content (AvgIpc) is 2.12. The normalized spacial score (nSPS) is 8.69. The van der Waals surface area contributed by atoms with Crippen LogP contribution in [-0.4, -0.2) is 6.29 Å². The highest BCUT2D eigenvalue weighted by Crippen LogP contribution is 2.18. The largest absolute Gasteiger partial charge is 0.397 e. The Kier molecular flexibility index (Phi) is 3.36. The molecule has 2 nitrogen and oxygen atoms in total. The van der Waals surface area contributed by atoms with Crippen LogP contribution in [0.1, 0.15) is 12.0 Å². The first-order valence-corrected chi connectivity index (χ1v) is 4.09. The van der Waals surface area contributed by atoms with Crippen LogP contribution in [0.3, 0.4) is 0 Å². The number of hydrogen-bond acceptors (Lipinski definition) is 2. The second-order valence-corrected chi connectivity index (χ2v) is 2.82. The Balaban J connectivity index is 2.87. The van der Waals surface area contributed by atoms with Crippen molar-refractivity contribution in [1.82, 2.24) is 0 Å². The number of anilines is 1. The number of halogens is 1. The van der Waals surface area contributed by atoms with Gasteiger partial charge in [0.05, 0.1) is 17.1 Å². The van der Waals surface area contributed by atoms with Crippen LogP contribution in [0.15, 0.2) is 18.2 Å². The molecule has 3 heteroatoms. The van der Waals surface area contributed by atoms with E-state index in [4.69, 9.17) is 17.3 Å². The fourth-order valence-corrected chi connectivity index (χ4v) is 0.934. The zero-order valence-electron chi connectivity index (χ0n) is 6.88. The fraction of sp³-hybridized carbons (Fsp3) is 0.100. The maximum absolute atomic E-state index is 9.97. The average molecular weight is 194 g/mol. The molecule has 0 aliphatic heterocycles. The van der Waals surface area contributed by atoms with Crippen LogP contribution in [0.5, 0.6) is 0 Å². The molecule has 0 bridgehead atoms. The minimum atomic E-state index is 0.239. The summed E-state index contributed by atoms with van der Waals surface area (Å²) in [4.78, 5) is 9.97. The fourth-order valence-electron chi connectivity index (χ4n) is 0.816. The van der Waals surface area contributed by atoms with E-state index < -0.39 is 0 Å². The minimum Gasteiger partial charge on any atom is -0.397 e. The summed E-state index contributed by atoms with van der Waals surface area (Å²) >= 11 is 5.71. The van der Waals surface area contributed by atoms with Crippen molar-refractivity contribution in [3.63, 3.8) is 0 Å². The second kappa shape index (κ2) is 4.54. The Morgan fingerprint density at radius 1 is 1.54 bits per heavy atom. The maximum atomic E-state index is 9.97. The first-order valence-electron chi connectivity index (χ1n) is 3.71. The third-order valence-corrected chi connectivity index (χ3v) is 1.76. The lowest BCUT2D eigenvalue weighted by Gasteiger charge is -1.96. The predicted molar refractivity (Wildman–Crippen MR) is 53.4 cm³/mol. The number of benzene rings is 1. The van der Waals surface area contributed by atoms with Crippen LogP contribution in [0.25, 0.3) is 0 Å². The van der Waals surface area contributed by atoms with Gasteiger partial charge in [0.25, 0.3) is 0 Å². The number of nitrogen functional groups attached to an aromatic ring is 1. The Bertz CT molecular complexity index is 376. The quantitative estimate of drug-likeness (QED) is 0.420. The van der Waals surface area contributed by atoms with Crippen molar-refractivity contribution in [2.75, 3.05) is 5.73 Å². The first-order chi connectivity index (χ1) is 6.24. The van der Waals surface area contributed by atoms with Gasteiger partial charge in [-0.3, -0.25) is 0 Å². The Labute approximate surface area is 81.7 Å². The third-order valence-electron chi connectivity index (χ3n) is 1.41. The molecule has 13 heavy (non-hydrogen) atoms. The molecule has 0 spiro atoms. The smallest absolute Gasteiger partial charge is 0.131 e. The summed E-state index contributed by atoms with van der Waals surface area (Å²) in [6.45, 7) is 0. The van der Waals surface area contributed by atoms with Crippen LogP contribution < -0.4 is 5.73 Å². The SMILES string of the molecule is Nc1cc(C#CCC=O)ccc1Cl. The third kappa shape index (κ3) is 2.81. The molecule has 0 aliphatic rings. The standard InChI is InChI=1S/C10H8ClNO/c11-9-5-4-8(7-10(9)12)3-1-2-6-13/h4-7H,2,12H2. The number of hydrogen-bond donors (Lipinski definition) is 1. The van der Waals surface area contributed by atoms with Gasteiger partial charge in [-0.1, -0.05) is 23.4 Å². The molecule has 0 atom stereocenters. The van der Waals surface area contributed by atoms with Crippen LogP contribution >= 0.6 is 11.6 Å². The van der Waals surface area contributed by atoms with Gasteiger partial charge in [0.15, 0.2) is 0 Å². The van der Waals surface area contributed by atoms with Crippen molar-refractivity contribution in [2.24, 2.45) is 0 Å². The summed E-state index contributed by atoms with van der Waals surface area (Å²) in [6.07, 6.45) is 0.995. The number of nitrogens with two attached hydrogens (primary N) is 1. The summed E-state index contributed by atoms with van der Waals surface area (Å²) in [7, 11) is 0. The van der Waals surface area contributed by atoms with E-state index in [9.17, 15) is 4.79 Å². The van der Waals surface area contributed by atoms with Gasteiger partial charge in [-0.05, 0) is 18.2 Å². The predicted octanol–water partition coefficient (Wildman–Crippen LogP) is 1.86. The highest BCUT2D eigenvalue weighted by Gasteiger charge is 1.94. The molecule has 0 saturated carbocycles. The van der Waals surface area contributed by atoms with E-state index in [1.54, 1.807) is 18.2 Å². The van der Waals surface area contributed by atoms with E-state index in [0.717, 1.165) is 11.8 Å². The lowest BCUT2D eigenvalue weighted by molar-refractivity contribution is -0.107. The van der Waals surface area contributed by atoms with Crippen LogP contribution in [0.2, 0.25) is 5.02 Å². The Hall–Kier alpha value is -1.46. The van der Waals surface area contributed by atoms with Crippen LogP contribution in [0, 0.1) is 11.8 Å². The van der Waals surface area contributed by atoms with E-state index in [2.05, 4.69) is 11.8 Å². The van der Waals surface area contributed by atoms with E-state index in [1.807, 2.05) is 0 Å². The zero-order valence-corrected chi connectivity index (χ0v) is 7.64. The van der Waals surface area contributed by atoms with Gasteiger partial charge in [0, 0.05) is 5.56 Å². The van der Waals surface area contributed by atoms with Crippen molar-refractivity contribution in [3.8, 4) is 11.8 Å². The zero-order chi connectivity index (χ0) is 9.68. The van der Waals surface area contributed by atoms with Crippen molar-refractivity contribution < 1.29 is 4.79 Å². The molecule has 66 valence electrons. The highest BCUT2D eigenvalue weighted by molar-refractivity contribution is 6.33. The lowest BCUT2D eigenvalue weighted by atomic mass is 10.2. The molecule has 0 saturated heterocycles.